The number of hydrogen-bond donors (Lipinski definition) is 1. The molecule has 1 aliphatic heterocycles. The van der Waals surface area contributed by atoms with E-state index in [4.69, 9.17) is 0 Å². The normalized spacial score (nSPS) is 14.4. The van der Waals surface area contributed by atoms with Crippen LogP contribution >= 0.6 is 0 Å². The summed E-state index contributed by atoms with van der Waals surface area (Å²) < 4.78 is 0. The molecule has 0 aliphatic carbocycles. The molecule has 0 fully saturated rings. The number of nitrogens with zero attached hydrogens (tertiary/aromatic N) is 2. The Labute approximate surface area is 108 Å². The maximum Gasteiger partial charge on any atom is 0.325 e. The molecule has 0 radical (unpaired) electrons. The second-order valence-corrected chi connectivity index (χ2v) is 4.59. The van der Waals surface area contributed by atoms with Crippen LogP contribution in [0.1, 0.15) is 12.8 Å². The molecular weight excluding hydrogens is 226 g/mol. The Morgan fingerprint density at radius 2 is 2.00 bits per heavy atom. The summed E-state index contributed by atoms with van der Waals surface area (Å²) in [7, 11) is 3.98. The summed E-state index contributed by atoms with van der Waals surface area (Å²) >= 11 is 0. The van der Waals surface area contributed by atoms with Crippen LogP contribution in [0.5, 0.6) is 0 Å². The molecule has 0 unspecified atom stereocenters. The molecule has 1 aromatic carbocycles. The maximum absolute atomic E-state index is 11.9. The zero-order valence-electron chi connectivity index (χ0n) is 10.9. The Kier molecular flexibility index (Phi) is 3.87. The van der Waals surface area contributed by atoms with Gasteiger partial charge in [0, 0.05) is 38.2 Å². The summed E-state index contributed by atoms with van der Waals surface area (Å²) in [5.74, 6) is 0. The fourth-order valence-electron chi connectivity index (χ4n) is 1.86. The summed E-state index contributed by atoms with van der Waals surface area (Å²) in [4.78, 5) is 15.7. The van der Waals surface area contributed by atoms with Gasteiger partial charge >= 0.3 is 6.03 Å². The number of anilines is 2. The summed E-state index contributed by atoms with van der Waals surface area (Å²) in [6.45, 7) is 0.790. The van der Waals surface area contributed by atoms with Crippen molar-refractivity contribution in [3.05, 3.63) is 36.5 Å². The van der Waals surface area contributed by atoms with Crippen molar-refractivity contribution in [2.75, 3.05) is 30.9 Å². The number of rotatable bonds is 2. The molecule has 96 valence electrons. The first kappa shape index (κ1) is 12.5. The molecule has 0 bridgehead atoms. The maximum atomic E-state index is 11.9. The van der Waals surface area contributed by atoms with E-state index in [9.17, 15) is 4.79 Å². The Bertz CT molecular complexity index is 437. The number of urea groups is 1. The largest absolute Gasteiger partial charge is 0.378 e. The number of hydrogen-bond acceptors (Lipinski definition) is 2. The van der Waals surface area contributed by atoms with Crippen LogP contribution in [0.15, 0.2) is 36.5 Å². The molecule has 18 heavy (non-hydrogen) atoms. The van der Waals surface area contributed by atoms with Gasteiger partial charge in [-0.2, -0.15) is 0 Å². The highest BCUT2D eigenvalue weighted by Crippen LogP contribution is 2.16. The van der Waals surface area contributed by atoms with Crippen LogP contribution in [0.4, 0.5) is 16.2 Å². The molecule has 1 aromatic rings. The molecule has 0 saturated heterocycles. The van der Waals surface area contributed by atoms with Gasteiger partial charge in [0.25, 0.3) is 0 Å². The smallest absolute Gasteiger partial charge is 0.325 e. The van der Waals surface area contributed by atoms with Gasteiger partial charge in [-0.25, -0.2) is 4.79 Å². The molecule has 0 saturated carbocycles. The molecular formula is C14H19N3O. The lowest BCUT2D eigenvalue weighted by Gasteiger charge is -2.22. The lowest BCUT2D eigenvalue weighted by molar-refractivity contribution is 0.226. The van der Waals surface area contributed by atoms with Gasteiger partial charge in [-0.3, -0.25) is 0 Å². The van der Waals surface area contributed by atoms with E-state index in [1.807, 2.05) is 55.5 Å². The molecule has 2 rings (SSSR count). The van der Waals surface area contributed by atoms with Crippen LogP contribution in [0.3, 0.4) is 0 Å². The van der Waals surface area contributed by atoms with Crippen molar-refractivity contribution in [3.8, 4) is 0 Å². The number of amides is 2. The zero-order valence-corrected chi connectivity index (χ0v) is 10.9. The van der Waals surface area contributed by atoms with E-state index < -0.39 is 0 Å². The van der Waals surface area contributed by atoms with Crippen LogP contribution in [0.2, 0.25) is 0 Å². The fraction of sp³-hybridized carbons (Fsp3) is 0.357. The third kappa shape index (κ3) is 3.03. The van der Waals surface area contributed by atoms with Crippen molar-refractivity contribution in [2.24, 2.45) is 0 Å². The minimum Gasteiger partial charge on any atom is -0.378 e. The Balaban J connectivity index is 1.98. The molecule has 4 heteroatoms. The summed E-state index contributed by atoms with van der Waals surface area (Å²) in [6, 6.07) is 7.74. The molecule has 0 spiro atoms. The first-order valence-corrected chi connectivity index (χ1v) is 6.18. The molecule has 0 aromatic heterocycles. The van der Waals surface area contributed by atoms with Crippen molar-refractivity contribution in [1.29, 1.82) is 0 Å². The van der Waals surface area contributed by atoms with E-state index in [1.165, 1.54) is 0 Å². The minimum absolute atomic E-state index is 0.0662. The average molecular weight is 245 g/mol. The van der Waals surface area contributed by atoms with Crippen molar-refractivity contribution in [1.82, 2.24) is 4.90 Å². The van der Waals surface area contributed by atoms with Crippen molar-refractivity contribution in [3.63, 3.8) is 0 Å². The highest BCUT2D eigenvalue weighted by Gasteiger charge is 2.12. The number of benzene rings is 1. The Hall–Kier alpha value is -1.97. The lowest BCUT2D eigenvalue weighted by atomic mass is 10.2. The van der Waals surface area contributed by atoms with E-state index in [-0.39, 0.29) is 6.03 Å². The van der Waals surface area contributed by atoms with Gasteiger partial charge in [-0.15, -0.1) is 0 Å². The summed E-state index contributed by atoms with van der Waals surface area (Å²) in [5, 5.41) is 2.89. The van der Waals surface area contributed by atoms with Gasteiger partial charge in [0.15, 0.2) is 0 Å². The molecule has 1 N–H and O–H groups in total. The molecule has 0 atom stereocenters. The first-order valence-electron chi connectivity index (χ1n) is 6.18. The summed E-state index contributed by atoms with van der Waals surface area (Å²) in [5.41, 5.74) is 1.94. The Morgan fingerprint density at radius 1 is 1.28 bits per heavy atom. The lowest BCUT2D eigenvalue weighted by Crippen LogP contribution is -2.32. The van der Waals surface area contributed by atoms with Crippen LogP contribution < -0.4 is 10.2 Å². The minimum atomic E-state index is -0.0662. The summed E-state index contributed by atoms with van der Waals surface area (Å²) in [6.07, 6.45) is 5.97. The van der Waals surface area contributed by atoms with Crippen molar-refractivity contribution < 1.29 is 4.79 Å². The van der Waals surface area contributed by atoms with Gasteiger partial charge in [0.1, 0.15) is 0 Å². The van der Waals surface area contributed by atoms with Crippen LogP contribution in [0.25, 0.3) is 0 Å². The van der Waals surface area contributed by atoms with E-state index in [2.05, 4.69) is 5.32 Å². The highest BCUT2D eigenvalue weighted by atomic mass is 16.2. The SMILES string of the molecule is CN(C)c1ccc(NC(=O)N2C=CCCC2)cc1. The predicted octanol–water partition coefficient (Wildman–Crippen LogP) is 2.89. The van der Waals surface area contributed by atoms with Crippen molar-refractivity contribution >= 4 is 17.4 Å². The average Bonchev–Trinajstić information content (AvgIpc) is 2.40. The van der Waals surface area contributed by atoms with Gasteiger partial charge in [0.2, 0.25) is 0 Å². The second-order valence-electron chi connectivity index (χ2n) is 4.59. The first-order chi connectivity index (χ1) is 8.66. The third-order valence-corrected chi connectivity index (χ3v) is 2.95. The number of allylic oxidation sites excluding steroid dienone is 1. The standard InChI is InChI=1S/C14H19N3O/c1-16(2)13-8-6-12(7-9-13)15-14(18)17-10-4-3-5-11-17/h4,6-10H,3,5,11H2,1-2H3,(H,15,18). The zero-order chi connectivity index (χ0) is 13.0. The molecule has 1 aliphatic rings. The van der Waals surface area contributed by atoms with Gasteiger partial charge in [0.05, 0.1) is 0 Å². The van der Waals surface area contributed by atoms with Gasteiger partial charge in [-0.05, 0) is 37.1 Å². The fourth-order valence-corrected chi connectivity index (χ4v) is 1.86. The molecule has 2 amide bonds. The van der Waals surface area contributed by atoms with E-state index >= 15 is 0 Å². The molecule has 1 heterocycles. The number of nitrogens with one attached hydrogen (secondary N) is 1. The second kappa shape index (κ2) is 5.58. The number of carbonyl (C=O) groups excluding carboxylic acids is 1. The van der Waals surface area contributed by atoms with Gasteiger partial charge in [-0.1, -0.05) is 6.08 Å². The van der Waals surface area contributed by atoms with Gasteiger partial charge < -0.3 is 15.1 Å². The predicted molar refractivity (Wildman–Crippen MR) is 74.9 cm³/mol. The highest BCUT2D eigenvalue weighted by molar-refractivity contribution is 5.90. The van der Waals surface area contributed by atoms with E-state index in [0.29, 0.717) is 0 Å². The monoisotopic (exact) mass is 245 g/mol. The number of carbonyl (C=O) groups is 1. The van der Waals surface area contributed by atoms with Crippen molar-refractivity contribution in [2.45, 2.75) is 12.8 Å². The Morgan fingerprint density at radius 3 is 2.56 bits per heavy atom. The third-order valence-electron chi connectivity index (χ3n) is 2.95. The van der Waals surface area contributed by atoms with Crippen LogP contribution in [-0.2, 0) is 0 Å². The molecule has 4 nitrogen and oxygen atoms in total. The van der Waals surface area contributed by atoms with E-state index in [1.54, 1.807) is 4.90 Å². The van der Waals surface area contributed by atoms with E-state index in [0.717, 1.165) is 30.8 Å². The quantitative estimate of drug-likeness (QED) is 0.869. The topological polar surface area (TPSA) is 35.6 Å². The van der Waals surface area contributed by atoms with Crippen LogP contribution in [-0.4, -0.2) is 31.6 Å². The van der Waals surface area contributed by atoms with Crippen LogP contribution in [0, 0.1) is 0 Å².